The monoisotopic (exact) mass is 365 g/mol. The Bertz CT molecular complexity index is 561. The average molecular weight is 366 g/mol. The highest BCUT2D eigenvalue weighted by molar-refractivity contribution is 7.10. The van der Waals surface area contributed by atoms with Gasteiger partial charge in [0.05, 0.1) is 19.1 Å². The predicted molar refractivity (Wildman–Crippen MR) is 104 cm³/mol. The molecule has 2 heterocycles. The lowest BCUT2D eigenvalue weighted by Crippen LogP contribution is -2.47. The fourth-order valence-electron chi connectivity index (χ4n) is 3.03. The zero-order valence-corrected chi connectivity index (χ0v) is 16.7. The Hall–Kier alpha value is -1.56. The van der Waals surface area contributed by atoms with Crippen molar-refractivity contribution in [1.29, 1.82) is 0 Å². The Labute approximate surface area is 155 Å². The van der Waals surface area contributed by atoms with Gasteiger partial charge in [-0.15, -0.1) is 11.3 Å². The van der Waals surface area contributed by atoms with Gasteiger partial charge >= 0.3 is 5.97 Å². The highest BCUT2D eigenvalue weighted by Crippen LogP contribution is 2.28. The summed E-state index contributed by atoms with van der Waals surface area (Å²) in [6.07, 6.45) is 1.66. The molecule has 0 amide bonds. The number of aliphatic imine (C=N–C) groups is 1. The van der Waals surface area contributed by atoms with Crippen molar-refractivity contribution >= 4 is 23.3 Å². The van der Waals surface area contributed by atoms with Crippen LogP contribution in [-0.4, -0.2) is 49.6 Å². The van der Waals surface area contributed by atoms with E-state index in [9.17, 15) is 4.79 Å². The van der Waals surface area contributed by atoms with E-state index in [1.807, 2.05) is 6.92 Å². The molecule has 0 atom stereocenters. The van der Waals surface area contributed by atoms with Crippen molar-refractivity contribution in [2.45, 2.75) is 46.0 Å². The lowest BCUT2D eigenvalue weighted by Gasteiger charge is -2.34. The first-order valence-corrected chi connectivity index (χ1v) is 10.1. The number of carbonyl (C=O) groups is 1. The second-order valence-corrected chi connectivity index (χ2v) is 7.99. The van der Waals surface area contributed by atoms with Crippen molar-refractivity contribution in [2.24, 2.45) is 10.9 Å². The number of thiophene rings is 1. The SMILES string of the molecule is CCNC(=NCC(C)(C)c1cccs1)N1CCC(C(=O)OCC)CC1. The summed E-state index contributed by atoms with van der Waals surface area (Å²) in [5.74, 6) is 0.930. The smallest absolute Gasteiger partial charge is 0.309 e. The molecule has 1 N–H and O–H groups in total. The molecule has 0 aliphatic carbocycles. The van der Waals surface area contributed by atoms with Crippen LogP contribution in [0.3, 0.4) is 0 Å². The maximum Gasteiger partial charge on any atom is 0.309 e. The fourth-order valence-corrected chi connectivity index (χ4v) is 3.87. The van der Waals surface area contributed by atoms with Gasteiger partial charge in [-0.2, -0.15) is 0 Å². The van der Waals surface area contributed by atoms with Crippen molar-refractivity contribution in [2.75, 3.05) is 32.8 Å². The lowest BCUT2D eigenvalue weighted by atomic mass is 9.92. The zero-order valence-electron chi connectivity index (χ0n) is 15.9. The Balaban J connectivity index is 1.97. The van der Waals surface area contributed by atoms with E-state index in [0.717, 1.165) is 45.0 Å². The van der Waals surface area contributed by atoms with Crippen LogP contribution in [0.25, 0.3) is 0 Å². The normalized spacial score (nSPS) is 16.8. The molecule has 6 heteroatoms. The number of esters is 1. The van der Waals surface area contributed by atoms with Crippen molar-refractivity contribution < 1.29 is 9.53 Å². The van der Waals surface area contributed by atoms with E-state index in [4.69, 9.17) is 9.73 Å². The number of carbonyl (C=O) groups excluding carboxylic acids is 1. The maximum absolute atomic E-state index is 11.9. The first-order valence-electron chi connectivity index (χ1n) is 9.21. The third-order valence-electron chi connectivity index (χ3n) is 4.56. The highest BCUT2D eigenvalue weighted by Gasteiger charge is 2.28. The Kier molecular flexibility index (Phi) is 7.29. The molecule has 1 fully saturated rings. The molecule has 0 saturated carbocycles. The van der Waals surface area contributed by atoms with E-state index in [-0.39, 0.29) is 17.3 Å². The van der Waals surface area contributed by atoms with Gasteiger partial charge in [0.2, 0.25) is 0 Å². The summed E-state index contributed by atoms with van der Waals surface area (Å²) < 4.78 is 5.16. The molecule has 0 spiro atoms. The Morgan fingerprint density at radius 1 is 1.40 bits per heavy atom. The predicted octanol–water partition coefficient (Wildman–Crippen LogP) is 3.27. The maximum atomic E-state index is 11.9. The number of hydrogen-bond acceptors (Lipinski definition) is 4. The Morgan fingerprint density at radius 2 is 2.12 bits per heavy atom. The topological polar surface area (TPSA) is 53.9 Å². The molecule has 1 aromatic heterocycles. The molecular weight excluding hydrogens is 334 g/mol. The molecule has 25 heavy (non-hydrogen) atoms. The molecule has 1 aliphatic heterocycles. The molecule has 5 nitrogen and oxygen atoms in total. The molecule has 0 unspecified atom stereocenters. The van der Waals surface area contributed by atoms with E-state index < -0.39 is 0 Å². The first-order chi connectivity index (χ1) is 12.0. The molecule has 1 aliphatic rings. The molecule has 0 bridgehead atoms. The van der Waals surface area contributed by atoms with Gasteiger partial charge in [-0.25, -0.2) is 0 Å². The molecule has 0 radical (unpaired) electrons. The van der Waals surface area contributed by atoms with Crippen LogP contribution in [0.5, 0.6) is 0 Å². The summed E-state index contributed by atoms with van der Waals surface area (Å²) in [6.45, 7) is 12.1. The molecule has 1 saturated heterocycles. The summed E-state index contributed by atoms with van der Waals surface area (Å²) in [4.78, 5) is 20.4. The van der Waals surface area contributed by atoms with Crippen LogP contribution < -0.4 is 5.32 Å². The largest absolute Gasteiger partial charge is 0.466 e. The summed E-state index contributed by atoms with van der Waals surface area (Å²) in [5.41, 5.74) is 0.0259. The van der Waals surface area contributed by atoms with Crippen LogP contribution in [0, 0.1) is 5.92 Å². The van der Waals surface area contributed by atoms with Crippen LogP contribution in [-0.2, 0) is 14.9 Å². The van der Waals surface area contributed by atoms with Gasteiger partial charge in [0.1, 0.15) is 0 Å². The molecular formula is C19H31N3O2S. The number of nitrogens with zero attached hydrogens (tertiary/aromatic N) is 2. The minimum Gasteiger partial charge on any atom is -0.466 e. The number of nitrogens with one attached hydrogen (secondary N) is 1. The lowest BCUT2D eigenvalue weighted by molar-refractivity contribution is -0.149. The standard InChI is InChI=1S/C19H31N3O2S/c1-5-20-18(21-14-19(3,4)16-8-7-13-25-16)22-11-9-15(10-12-22)17(23)24-6-2/h7-8,13,15H,5-6,9-12,14H2,1-4H3,(H,20,21). The van der Waals surface area contributed by atoms with Crippen LogP contribution in [0.1, 0.15) is 45.4 Å². The molecule has 140 valence electrons. The van der Waals surface area contributed by atoms with E-state index in [2.05, 4.69) is 48.5 Å². The van der Waals surface area contributed by atoms with E-state index in [1.54, 1.807) is 11.3 Å². The number of rotatable bonds is 6. The number of hydrogen-bond donors (Lipinski definition) is 1. The number of guanidine groups is 1. The zero-order chi connectivity index (χ0) is 18.3. The first kappa shape index (κ1) is 19.8. The van der Waals surface area contributed by atoms with E-state index in [0.29, 0.717) is 6.61 Å². The summed E-state index contributed by atoms with van der Waals surface area (Å²) in [7, 11) is 0. The average Bonchev–Trinajstić information content (AvgIpc) is 3.14. The number of piperidine rings is 1. The van der Waals surface area contributed by atoms with E-state index >= 15 is 0 Å². The van der Waals surface area contributed by atoms with Crippen LogP contribution in [0.15, 0.2) is 22.5 Å². The third-order valence-corrected chi connectivity index (χ3v) is 5.80. The van der Waals surface area contributed by atoms with Crippen molar-refractivity contribution in [3.05, 3.63) is 22.4 Å². The van der Waals surface area contributed by atoms with Gasteiger partial charge in [-0.3, -0.25) is 9.79 Å². The van der Waals surface area contributed by atoms with Crippen LogP contribution in [0.4, 0.5) is 0 Å². The van der Waals surface area contributed by atoms with Gasteiger partial charge < -0.3 is 15.0 Å². The third kappa shape index (κ3) is 5.46. The second-order valence-electron chi connectivity index (χ2n) is 7.04. The molecule has 1 aromatic rings. The quantitative estimate of drug-likeness (QED) is 0.478. The molecule has 0 aromatic carbocycles. The van der Waals surface area contributed by atoms with Crippen LogP contribution in [0.2, 0.25) is 0 Å². The van der Waals surface area contributed by atoms with Gasteiger partial charge in [0, 0.05) is 29.9 Å². The van der Waals surface area contributed by atoms with E-state index in [1.165, 1.54) is 4.88 Å². The van der Waals surface area contributed by atoms with Crippen molar-refractivity contribution in [1.82, 2.24) is 10.2 Å². The Morgan fingerprint density at radius 3 is 2.68 bits per heavy atom. The van der Waals surface area contributed by atoms with Gasteiger partial charge in [0.25, 0.3) is 0 Å². The van der Waals surface area contributed by atoms with Gasteiger partial charge in [-0.1, -0.05) is 19.9 Å². The summed E-state index contributed by atoms with van der Waals surface area (Å²) in [6, 6.07) is 4.27. The van der Waals surface area contributed by atoms with Crippen LogP contribution >= 0.6 is 11.3 Å². The summed E-state index contributed by atoms with van der Waals surface area (Å²) in [5, 5.41) is 5.52. The highest BCUT2D eigenvalue weighted by atomic mass is 32.1. The second kappa shape index (κ2) is 9.22. The van der Waals surface area contributed by atoms with Gasteiger partial charge in [0.15, 0.2) is 5.96 Å². The molecule has 2 rings (SSSR count). The number of likely N-dealkylation sites (tertiary alicyclic amines) is 1. The van der Waals surface area contributed by atoms with Crippen molar-refractivity contribution in [3.63, 3.8) is 0 Å². The summed E-state index contributed by atoms with van der Waals surface area (Å²) >= 11 is 1.78. The van der Waals surface area contributed by atoms with Gasteiger partial charge in [-0.05, 0) is 38.1 Å². The minimum absolute atomic E-state index is 0.0259. The number of ether oxygens (including phenoxy) is 1. The minimum atomic E-state index is -0.0529. The fraction of sp³-hybridized carbons (Fsp3) is 0.684. The van der Waals surface area contributed by atoms with Crippen molar-refractivity contribution in [3.8, 4) is 0 Å².